The fourth-order valence-electron chi connectivity index (χ4n) is 2.69. The van der Waals surface area contributed by atoms with E-state index in [4.69, 9.17) is 9.84 Å². The van der Waals surface area contributed by atoms with Crippen molar-refractivity contribution in [3.63, 3.8) is 0 Å². The Bertz CT molecular complexity index is 169. The molecule has 0 aliphatic carbocycles. The van der Waals surface area contributed by atoms with Gasteiger partial charge < -0.3 is 15.2 Å². The summed E-state index contributed by atoms with van der Waals surface area (Å²) in [4.78, 5) is 0. The molecule has 0 amide bonds. The first-order valence-corrected chi connectivity index (χ1v) is 5.80. The van der Waals surface area contributed by atoms with Crippen molar-refractivity contribution in [2.45, 2.75) is 31.7 Å². The van der Waals surface area contributed by atoms with Gasteiger partial charge in [0, 0.05) is 19.3 Å². The number of hydrogen-bond donors (Lipinski definition) is 2. The van der Waals surface area contributed by atoms with Crippen LogP contribution in [0.25, 0.3) is 0 Å². The number of rotatable bonds is 3. The zero-order chi connectivity index (χ0) is 9.80. The largest absolute Gasteiger partial charge is 0.395 e. The SMILES string of the molecule is OCC1CC(CC2CCCOC2)CN1. The molecular formula is C11H21NO2. The van der Waals surface area contributed by atoms with Crippen molar-refractivity contribution in [1.29, 1.82) is 0 Å². The highest BCUT2D eigenvalue weighted by molar-refractivity contribution is 4.82. The third-order valence-electron chi connectivity index (χ3n) is 3.45. The second kappa shape index (κ2) is 5.10. The minimum absolute atomic E-state index is 0.289. The van der Waals surface area contributed by atoms with E-state index in [0.29, 0.717) is 6.04 Å². The highest BCUT2D eigenvalue weighted by Crippen LogP contribution is 2.26. The third-order valence-corrected chi connectivity index (χ3v) is 3.45. The van der Waals surface area contributed by atoms with Crippen LogP contribution in [0.4, 0.5) is 0 Å². The lowest BCUT2D eigenvalue weighted by Gasteiger charge is -2.24. The minimum atomic E-state index is 0.289. The molecule has 82 valence electrons. The van der Waals surface area contributed by atoms with Crippen molar-refractivity contribution in [3.8, 4) is 0 Å². The number of aliphatic hydroxyl groups excluding tert-OH is 1. The zero-order valence-corrected chi connectivity index (χ0v) is 8.74. The van der Waals surface area contributed by atoms with Gasteiger partial charge in [0.2, 0.25) is 0 Å². The maximum absolute atomic E-state index is 9.00. The quantitative estimate of drug-likeness (QED) is 0.705. The first kappa shape index (κ1) is 10.4. The van der Waals surface area contributed by atoms with E-state index in [1.807, 2.05) is 0 Å². The maximum Gasteiger partial charge on any atom is 0.0584 e. The summed E-state index contributed by atoms with van der Waals surface area (Å²) in [5.41, 5.74) is 0. The van der Waals surface area contributed by atoms with E-state index in [0.717, 1.165) is 38.0 Å². The highest BCUT2D eigenvalue weighted by Gasteiger charge is 2.26. The second-order valence-corrected chi connectivity index (χ2v) is 4.71. The molecule has 3 nitrogen and oxygen atoms in total. The topological polar surface area (TPSA) is 41.5 Å². The molecule has 0 aromatic heterocycles. The van der Waals surface area contributed by atoms with E-state index in [9.17, 15) is 0 Å². The van der Waals surface area contributed by atoms with Crippen LogP contribution in [0.3, 0.4) is 0 Å². The van der Waals surface area contributed by atoms with Crippen molar-refractivity contribution in [3.05, 3.63) is 0 Å². The van der Waals surface area contributed by atoms with Gasteiger partial charge in [-0.3, -0.25) is 0 Å². The molecule has 0 radical (unpaired) electrons. The van der Waals surface area contributed by atoms with E-state index in [2.05, 4.69) is 5.32 Å². The van der Waals surface area contributed by atoms with Crippen LogP contribution in [0.5, 0.6) is 0 Å². The summed E-state index contributed by atoms with van der Waals surface area (Å²) >= 11 is 0. The van der Waals surface area contributed by atoms with Gasteiger partial charge in [0.05, 0.1) is 6.61 Å². The lowest BCUT2D eigenvalue weighted by Crippen LogP contribution is -2.24. The molecule has 0 bridgehead atoms. The Morgan fingerprint density at radius 3 is 2.93 bits per heavy atom. The van der Waals surface area contributed by atoms with Crippen LogP contribution in [-0.4, -0.2) is 37.5 Å². The average molecular weight is 199 g/mol. The fourth-order valence-corrected chi connectivity index (χ4v) is 2.69. The summed E-state index contributed by atoms with van der Waals surface area (Å²) in [7, 11) is 0. The first-order valence-electron chi connectivity index (χ1n) is 5.80. The fraction of sp³-hybridized carbons (Fsp3) is 1.00. The van der Waals surface area contributed by atoms with Crippen LogP contribution >= 0.6 is 0 Å². The molecule has 0 aromatic rings. The molecule has 2 aliphatic heterocycles. The molecule has 2 heterocycles. The Morgan fingerprint density at radius 2 is 2.29 bits per heavy atom. The van der Waals surface area contributed by atoms with E-state index < -0.39 is 0 Å². The van der Waals surface area contributed by atoms with Gasteiger partial charge >= 0.3 is 0 Å². The van der Waals surface area contributed by atoms with E-state index in [-0.39, 0.29) is 6.61 Å². The standard InChI is InChI=1S/C11H21NO2/c13-7-11-5-10(6-12-11)4-9-2-1-3-14-8-9/h9-13H,1-8H2. The van der Waals surface area contributed by atoms with Gasteiger partial charge in [-0.25, -0.2) is 0 Å². The molecule has 14 heavy (non-hydrogen) atoms. The van der Waals surface area contributed by atoms with Crippen LogP contribution in [0.1, 0.15) is 25.7 Å². The molecule has 3 heteroatoms. The zero-order valence-electron chi connectivity index (χ0n) is 8.74. The number of hydrogen-bond acceptors (Lipinski definition) is 3. The molecule has 0 saturated carbocycles. The smallest absolute Gasteiger partial charge is 0.0584 e. The highest BCUT2D eigenvalue weighted by atomic mass is 16.5. The predicted molar refractivity (Wildman–Crippen MR) is 55.1 cm³/mol. The van der Waals surface area contributed by atoms with Crippen LogP contribution in [0.15, 0.2) is 0 Å². The Labute approximate surface area is 85.8 Å². The third kappa shape index (κ3) is 2.69. The van der Waals surface area contributed by atoms with Crippen molar-refractivity contribution in [2.24, 2.45) is 11.8 Å². The lowest BCUT2D eigenvalue weighted by molar-refractivity contribution is 0.0459. The number of nitrogens with one attached hydrogen (secondary N) is 1. The van der Waals surface area contributed by atoms with Crippen molar-refractivity contribution in [1.82, 2.24) is 5.32 Å². The number of ether oxygens (including phenoxy) is 1. The molecule has 3 unspecified atom stereocenters. The maximum atomic E-state index is 9.00. The molecule has 0 aromatic carbocycles. The van der Waals surface area contributed by atoms with E-state index >= 15 is 0 Å². The summed E-state index contributed by atoms with van der Waals surface area (Å²) in [6, 6.07) is 0.351. The average Bonchev–Trinajstić information content (AvgIpc) is 2.67. The summed E-state index contributed by atoms with van der Waals surface area (Å²) < 4.78 is 5.48. The van der Waals surface area contributed by atoms with Crippen molar-refractivity contribution >= 4 is 0 Å². The molecule has 2 rings (SSSR count). The van der Waals surface area contributed by atoms with Gasteiger partial charge in [0.15, 0.2) is 0 Å². The summed E-state index contributed by atoms with van der Waals surface area (Å²) in [6.07, 6.45) is 4.99. The molecule has 2 fully saturated rings. The van der Waals surface area contributed by atoms with Crippen LogP contribution in [0.2, 0.25) is 0 Å². The predicted octanol–water partition coefficient (Wildman–Crippen LogP) is 0.773. The Kier molecular flexibility index (Phi) is 3.79. The Balaban J connectivity index is 1.69. The number of aliphatic hydroxyl groups is 1. The lowest BCUT2D eigenvalue weighted by atomic mass is 9.89. The summed E-state index contributed by atoms with van der Waals surface area (Å²) in [5, 5.41) is 12.4. The minimum Gasteiger partial charge on any atom is -0.395 e. The van der Waals surface area contributed by atoms with Gasteiger partial charge in [-0.05, 0) is 44.1 Å². The first-order chi connectivity index (χ1) is 6.88. The monoisotopic (exact) mass is 199 g/mol. The van der Waals surface area contributed by atoms with Gasteiger partial charge in [0.25, 0.3) is 0 Å². The van der Waals surface area contributed by atoms with Crippen molar-refractivity contribution in [2.75, 3.05) is 26.4 Å². The molecule has 2 aliphatic rings. The van der Waals surface area contributed by atoms with Crippen LogP contribution in [-0.2, 0) is 4.74 Å². The molecule has 2 saturated heterocycles. The second-order valence-electron chi connectivity index (χ2n) is 4.71. The van der Waals surface area contributed by atoms with E-state index in [1.54, 1.807) is 0 Å². The van der Waals surface area contributed by atoms with Gasteiger partial charge in [-0.1, -0.05) is 0 Å². The normalized spacial score (nSPS) is 38.8. The summed E-state index contributed by atoms with van der Waals surface area (Å²) in [5.74, 6) is 1.53. The van der Waals surface area contributed by atoms with Gasteiger partial charge in [-0.2, -0.15) is 0 Å². The van der Waals surface area contributed by atoms with Crippen LogP contribution < -0.4 is 5.32 Å². The Morgan fingerprint density at radius 1 is 1.36 bits per heavy atom. The molecular weight excluding hydrogens is 178 g/mol. The van der Waals surface area contributed by atoms with Crippen molar-refractivity contribution < 1.29 is 9.84 Å². The van der Waals surface area contributed by atoms with Gasteiger partial charge in [0.1, 0.15) is 0 Å². The van der Waals surface area contributed by atoms with Crippen LogP contribution in [0, 0.1) is 11.8 Å². The van der Waals surface area contributed by atoms with E-state index in [1.165, 1.54) is 19.3 Å². The summed E-state index contributed by atoms with van der Waals surface area (Å²) in [6.45, 7) is 3.29. The molecule has 0 spiro atoms. The van der Waals surface area contributed by atoms with Gasteiger partial charge in [-0.15, -0.1) is 0 Å². The molecule has 2 N–H and O–H groups in total. The Hall–Kier alpha value is -0.120. The molecule has 3 atom stereocenters.